The average molecular weight is 612 g/mol. The highest BCUT2D eigenvalue weighted by Gasteiger charge is 2.49. The number of fused-ring (bicyclic) bond motifs is 1. The maximum Gasteiger partial charge on any atom is 0.393 e. The van der Waals surface area contributed by atoms with Crippen LogP contribution in [-0.4, -0.2) is 85.6 Å². The monoisotopic (exact) mass is 611 g/mol. The zero-order valence-corrected chi connectivity index (χ0v) is 24.6. The summed E-state index contributed by atoms with van der Waals surface area (Å²) in [4.78, 5) is 26.5. The number of methoxy groups -OCH3 is 1. The van der Waals surface area contributed by atoms with E-state index in [0.717, 1.165) is 55.2 Å². The summed E-state index contributed by atoms with van der Waals surface area (Å²) in [5.41, 5.74) is 1.81. The van der Waals surface area contributed by atoms with Crippen molar-refractivity contribution in [1.29, 1.82) is 0 Å². The lowest BCUT2D eigenvalue weighted by Gasteiger charge is -2.46. The van der Waals surface area contributed by atoms with Crippen LogP contribution in [0.3, 0.4) is 0 Å². The van der Waals surface area contributed by atoms with Crippen LogP contribution in [0.4, 0.5) is 24.7 Å². The Hall–Kier alpha value is -2.61. The van der Waals surface area contributed by atoms with Crippen LogP contribution in [0.15, 0.2) is 36.7 Å². The molecule has 0 bridgehead atoms. The first kappa shape index (κ1) is 29.9. The molecular weight excluding hydrogens is 575 g/mol. The van der Waals surface area contributed by atoms with Crippen molar-refractivity contribution in [2.75, 3.05) is 56.7 Å². The van der Waals surface area contributed by atoms with E-state index in [-0.39, 0.29) is 37.2 Å². The van der Waals surface area contributed by atoms with Gasteiger partial charge in [-0.15, -0.1) is 11.3 Å². The van der Waals surface area contributed by atoms with Gasteiger partial charge in [-0.05, 0) is 55.0 Å². The molecule has 41 heavy (non-hydrogen) atoms. The Kier molecular flexibility index (Phi) is 8.70. The van der Waals surface area contributed by atoms with E-state index in [4.69, 9.17) is 9.47 Å². The smallest absolute Gasteiger partial charge is 0.382 e. The average Bonchev–Trinajstić information content (AvgIpc) is 3.52. The lowest BCUT2D eigenvalue weighted by atomic mass is 9.65. The number of rotatable bonds is 7. The Labute approximate surface area is 249 Å². The molecule has 1 atom stereocenters. The molecule has 6 rings (SSSR count). The second-order valence-electron chi connectivity index (χ2n) is 11.1. The summed E-state index contributed by atoms with van der Waals surface area (Å²) in [6.45, 7) is 3.73. The maximum absolute atomic E-state index is 13.0. The molecule has 13 heteroatoms. The molecule has 0 unspecified atom stereocenters. The summed E-state index contributed by atoms with van der Waals surface area (Å²) in [5, 5.41) is 4.31. The molecule has 3 fully saturated rings. The molecule has 4 heterocycles. The zero-order valence-electron chi connectivity index (χ0n) is 22.7. The van der Waals surface area contributed by atoms with E-state index in [9.17, 15) is 18.0 Å². The number of hydrogen-bond donors (Lipinski definition) is 1. The Morgan fingerprint density at radius 3 is 2.76 bits per heavy atom. The third kappa shape index (κ3) is 6.58. The van der Waals surface area contributed by atoms with Crippen molar-refractivity contribution >= 4 is 52.5 Å². The highest BCUT2D eigenvalue weighted by Crippen LogP contribution is 2.50. The molecule has 1 amide bonds. The van der Waals surface area contributed by atoms with Gasteiger partial charge < -0.3 is 24.6 Å². The third-order valence-electron chi connectivity index (χ3n) is 8.11. The summed E-state index contributed by atoms with van der Waals surface area (Å²) in [5.74, 6) is 0.733. The maximum atomic E-state index is 13.0. The number of carbonyl (C=O) groups is 1. The lowest BCUT2D eigenvalue weighted by molar-refractivity contribution is -0.126. The number of anilines is 2. The van der Waals surface area contributed by atoms with Crippen molar-refractivity contribution < 1.29 is 28.9 Å². The molecule has 8 nitrogen and oxygen atoms in total. The van der Waals surface area contributed by atoms with Gasteiger partial charge in [0.1, 0.15) is 17.0 Å². The van der Waals surface area contributed by atoms with Crippen LogP contribution in [0.1, 0.15) is 35.9 Å². The quantitative estimate of drug-likeness (QED) is 0.398. The van der Waals surface area contributed by atoms with Crippen molar-refractivity contribution in [3.8, 4) is 0 Å². The number of thiophene rings is 1. The fourth-order valence-electron chi connectivity index (χ4n) is 6.28. The number of carbonyl (C=O) groups excluding carboxylic acids is 1. The molecule has 3 aliphatic rings. The fourth-order valence-corrected chi connectivity index (χ4v) is 7.31. The predicted octanol–water partition coefficient (Wildman–Crippen LogP) is 5.11. The molecule has 224 valence electrons. The summed E-state index contributed by atoms with van der Waals surface area (Å²) >= 11 is 1.09. The highest BCUT2D eigenvalue weighted by molar-refractivity contribution is 7.59. The van der Waals surface area contributed by atoms with Gasteiger partial charge in [0.15, 0.2) is 0 Å². The lowest BCUT2D eigenvalue weighted by Crippen LogP contribution is -2.47. The first-order chi connectivity index (χ1) is 19.2. The Morgan fingerprint density at radius 2 is 2.02 bits per heavy atom. The summed E-state index contributed by atoms with van der Waals surface area (Å²) < 4.78 is 49.6. The molecule has 1 aromatic carbocycles. The third-order valence-corrected chi connectivity index (χ3v) is 9.16. The van der Waals surface area contributed by atoms with Crippen molar-refractivity contribution in [2.24, 2.45) is 5.41 Å². The number of hydrogen-bond acceptors (Lipinski definition) is 8. The molecular formula is C28H36F3N5O3S2. The SMILES string of the molecule is COC[C@@H]1CN(C(=O)c2ccc(NC3CC4(CCN(c5ncnc6sc(CC(F)(F)F)cc56)C4)C3)cc2)CCO1.S.[HH]. The van der Waals surface area contributed by atoms with E-state index in [1.165, 1.54) is 6.33 Å². The standard InChI is InChI=1S/C28H32F3N5O3S.H2S.H2/c1-38-15-21-14-35(8-9-39-21)26(37)18-2-4-19(5-3-18)34-20-11-27(12-20)6-7-36(16-27)24-23-10-22(13-28(29,30)31)40-25(23)33-17-32-24;;/h2-5,10,17,20-21,34H,6-9,11-16H2,1H3;1H2;1H/t20?,21-,27?;;/m0../s1. The summed E-state index contributed by atoms with van der Waals surface area (Å²) in [6, 6.07) is 9.58. The number of nitrogens with zero attached hydrogens (tertiary/aromatic N) is 4. The van der Waals surface area contributed by atoms with E-state index < -0.39 is 12.6 Å². The van der Waals surface area contributed by atoms with E-state index in [1.807, 2.05) is 29.2 Å². The predicted molar refractivity (Wildman–Crippen MR) is 160 cm³/mol. The number of alkyl halides is 3. The zero-order chi connectivity index (χ0) is 27.9. The van der Waals surface area contributed by atoms with Crippen molar-refractivity contribution in [2.45, 2.75) is 44.0 Å². The number of amides is 1. The van der Waals surface area contributed by atoms with Crippen LogP contribution in [0.2, 0.25) is 0 Å². The van der Waals surface area contributed by atoms with Crippen LogP contribution in [0.25, 0.3) is 10.2 Å². The van der Waals surface area contributed by atoms with E-state index in [0.29, 0.717) is 48.1 Å². The molecule has 1 N–H and O–H groups in total. The molecule has 2 aliphatic heterocycles. The number of aromatic nitrogens is 2. The van der Waals surface area contributed by atoms with Gasteiger partial charge in [-0.2, -0.15) is 26.7 Å². The summed E-state index contributed by atoms with van der Waals surface area (Å²) in [7, 11) is 1.63. The Bertz CT molecular complexity index is 1370. The minimum atomic E-state index is -4.24. The topological polar surface area (TPSA) is 79.8 Å². The van der Waals surface area contributed by atoms with E-state index >= 15 is 0 Å². The van der Waals surface area contributed by atoms with E-state index in [1.54, 1.807) is 13.2 Å². The number of benzene rings is 1. The van der Waals surface area contributed by atoms with E-state index in [2.05, 4.69) is 20.2 Å². The largest absolute Gasteiger partial charge is 0.393 e. The van der Waals surface area contributed by atoms with Crippen molar-refractivity contribution in [3.05, 3.63) is 47.1 Å². The molecule has 1 aliphatic carbocycles. The number of morpholine rings is 1. The highest BCUT2D eigenvalue weighted by atomic mass is 32.1. The number of halogens is 3. The minimum absolute atomic E-state index is 0. The minimum Gasteiger partial charge on any atom is -0.382 e. The summed E-state index contributed by atoms with van der Waals surface area (Å²) in [6.07, 6.45) is -0.792. The molecule has 2 saturated heterocycles. The first-order valence-corrected chi connectivity index (χ1v) is 14.3. The second kappa shape index (κ2) is 11.9. The van der Waals surface area contributed by atoms with Crippen LogP contribution >= 0.6 is 24.8 Å². The molecule has 3 aromatic rings. The van der Waals surface area contributed by atoms with Gasteiger partial charge in [0.05, 0.1) is 31.1 Å². The van der Waals surface area contributed by atoms with Gasteiger partial charge in [0, 0.05) is 56.9 Å². The number of nitrogens with one attached hydrogen (secondary N) is 1. The normalized spacial score (nSPS) is 24.4. The van der Waals surface area contributed by atoms with Gasteiger partial charge >= 0.3 is 6.18 Å². The first-order valence-electron chi connectivity index (χ1n) is 13.5. The molecule has 2 aromatic heterocycles. The van der Waals surface area contributed by atoms with Gasteiger partial charge in [-0.25, -0.2) is 9.97 Å². The Balaban J connectivity index is 0.00000202. The van der Waals surface area contributed by atoms with Gasteiger partial charge in [-0.3, -0.25) is 4.79 Å². The second-order valence-corrected chi connectivity index (χ2v) is 12.2. The molecule has 1 saturated carbocycles. The van der Waals surface area contributed by atoms with Crippen LogP contribution < -0.4 is 10.2 Å². The van der Waals surface area contributed by atoms with Crippen LogP contribution in [-0.2, 0) is 15.9 Å². The van der Waals surface area contributed by atoms with Crippen LogP contribution in [0.5, 0.6) is 0 Å². The van der Waals surface area contributed by atoms with Gasteiger partial charge in [0.25, 0.3) is 5.91 Å². The Morgan fingerprint density at radius 1 is 1.24 bits per heavy atom. The van der Waals surface area contributed by atoms with Crippen LogP contribution in [0, 0.1) is 5.41 Å². The van der Waals surface area contributed by atoms with Crippen molar-refractivity contribution in [3.63, 3.8) is 0 Å². The van der Waals surface area contributed by atoms with Gasteiger partial charge in [-0.1, -0.05) is 0 Å². The number of ether oxygens (including phenoxy) is 2. The van der Waals surface area contributed by atoms with Crippen molar-refractivity contribution in [1.82, 2.24) is 14.9 Å². The molecule has 0 radical (unpaired) electrons. The fraction of sp³-hybridized carbons (Fsp3) is 0.536. The van der Waals surface area contributed by atoms with Gasteiger partial charge in [0.2, 0.25) is 0 Å². The molecule has 1 spiro atoms.